The summed E-state index contributed by atoms with van der Waals surface area (Å²) in [7, 11) is 0. The Labute approximate surface area is 109 Å². The van der Waals surface area contributed by atoms with E-state index in [-0.39, 0.29) is 6.10 Å². The third kappa shape index (κ3) is 2.64. The van der Waals surface area contributed by atoms with Crippen LogP contribution in [0.1, 0.15) is 56.8 Å². The molecule has 0 fully saturated rings. The van der Waals surface area contributed by atoms with Gasteiger partial charge in [0, 0.05) is 24.4 Å². The van der Waals surface area contributed by atoms with Gasteiger partial charge in [-0.25, -0.2) is 9.97 Å². The molecule has 1 aromatic heterocycles. The first-order valence-corrected chi connectivity index (χ1v) is 7.05. The van der Waals surface area contributed by atoms with Crippen LogP contribution in [-0.4, -0.2) is 23.1 Å². The monoisotopic (exact) mass is 249 g/mol. The van der Waals surface area contributed by atoms with E-state index in [4.69, 9.17) is 9.72 Å². The van der Waals surface area contributed by atoms with E-state index in [1.54, 1.807) is 0 Å². The Bertz CT molecular complexity index is 406. The highest BCUT2D eigenvalue weighted by molar-refractivity contribution is 5.48. The van der Waals surface area contributed by atoms with Gasteiger partial charge in [0.25, 0.3) is 0 Å². The van der Waals surface area contributed by atoms with Gasteiger partial charge in [-0.05, 0) is 39.5 Å². The van der Waals surface area contributed by atoms with E-state index in [0.717, 1.165) is 37.4 Å². The van der Waals surface area contributed by atoms with E-state index in [2.05, 4.69) is 24.1 Å². The van der Waals surface area contributed by atoms with Crippen molar-refractivity contribution >= 4 is 5.82 Å². The number of aromatic nitrogens is 2. The van der Waals surface area contributed by atoms with Gasteiger partial charge in [0.05, 0.1) is 0 Å². The molecule has 0 saturated heterocycles. The minimum absolute atomic E-state index is 0.0262. The molecule has 4 nitrogen and oxygen atoms in total. The molecular formula is C14H23N3O. The van der Waals surface area contributed by atoms with Gasteiger partial charge < -0.3 is 10.1 Å². The molecule has 0 aliphatic heterocycles. The van der Waals surface area contributed by atoms with Crippen LogP contribution >= 0.6 is 0 Å². The highest BCUT2D eigenvalue weighted by atomic mass is 16.5. The van der Waals surface area contributed by atoms with Crippen molar-refractivity contribution in [2.75, 3.05) is 18.5 Å². The van der Waals surface area contributed by atoms with Crippen LogP contribution in [0.25, 0.3) is 0 Å². The lowest BCUT2D eigenvalue weighted by molar-refractivity contribution is 0.0534. The third-order valence-electron chi connectivity index (χ3n) is 3.32. The van der Waals surface area contributed by atoms with Crippen LogP contribution in [0.3, 0.4) is 0 Å². The molecule has 100 valence electrons. The molecule has 2 rings (SSSR count). The van der Waals surface area contributed by atoms with Crippen molar-refractivity contribution in [2.45, 2.75) is 52.6 Å². The minimum atomic E-state index is 0.0262. The van der Waals surface area contributed by atoms with E-state index >= 15 is 0 Å². The Hall–Kier alpha value is -1.16. The van der Waals surface area contributed by atoms with Crippen molar-refractivity contribution < 1.29 is 4.74 Å². The lowest BCUT2D eigenvalue weighted by Crippen LogP contribution is -2.13. The van der Waals surface area contributed by atoms with E-state index in [9.17, 15) is 0 Å². The molecule has 1 aromatic rings. The van der Waals surface area contributed by atoms with Crippen LogP contribution in [0.15, 0.2) is 0 Å². The Morgan fingerprint density at radius 2 is 2.06 bits per heavy atom. The second-order valence-corrected chi connectivity index (χ2v) is 4.59. The molecule has 0 amide bonds. The smallest absolute Gasteiger partial charge is 0.159 e. The fraction of sp³-hybridized carbons (Fsp3) is 0.714. The summed E-state index contributed by atoms with van der Waals surface area (Å²) in [4.78, 5) is 9.39. The number of rotatable bonds is 6. The summed E-state index contributed by atoms with van der Waals surface area (Å²) >= 11 is 0. The zero-order chi connectivity index (χ0) is 13.0. The van der Waals surface area contributed by atoms with E-state index < -0.39 is 0 Å². The lowest BCUT2D eigenvalue weighted by Gasteiger charge is -2.17. The van der Waals surface area contributed by atoms with Crippen molar-refractivity contribution in [1.82, 2.24) is 9.97 Å². The maximum Gasteiger partial charge on any atom is 0.159 e. The van der Waals surface area contributed by atoms with Crippen molar-refractivity contribution in [1.29, 1.82) is 0 Å². The predicted octanol–water partition coefficient (Wildman–Crippen LogP) is 2.88. The Morgan fingerprint density at radius 3 is 2.72 bits per heavy atom. The number of aryl methyl sites for hydroxylation is 1. The summed E-state index contributed by atoms with van der Waals surface area (Å²) in [6, 6.07) is 0. The molecule has 4 heteroatoms. The molecule has 0 bridgehead atoms. The first kappa shape index (κ1) is 13.3. The van der Waals surface area contributed by atoms with Crippen molar-refractivity contribution in [2.24, 2.45) is 0 Å². The van der Waals surface area contributed by atoms with Gasteiger partial charge in [0.15, 0.2) is 5.82 Å². The quantitative estimate of drug-likeness (QED) is 0.842. The van der Waals surface area contributed by atoms with Crippen LogP contribution in [0.4, 0.5) is 5.82 Å². The Morgan fingerprint density at radius 1 is 1.22 bits per heavy atom. The first-order valence-electron chi connectivity index (χ1n) is 7.05. The van der Waals surface area contributed by atoms with Gasteiger partial charge in [-0.1, -0.05) is 6.92 Å². The zero-order valence-electron chi connectivity index (χ0n) is 11.6. The number of nitrogens with zero attached hydrogens (tertiary/aromatic N) is 2. The average Bonchev–Trinajstić information content (AvgIpc) is 2.84. The van der Waals surface area contributed by atoms with E-state index in [1.165, 1.54) is 17.7 Å². The standard InChI is InChI=1S/C14H23N3O/c1-4-12(18-6-3)14-16-11-9-7-8-10(11)13(17-14)15-5-2/h12H,4-9H2,1-3H3,(H,15,16,17). The molecule has 0 spiro atoms. The maximum absolute atomic E-state index is 5.72. The fourth-order valence-corrected chi connectivity index (χ4v) is 2.49. The summed E-state index contributed by atoms with van der Waals surface area (Å²) < 4.78 is 5.72. The first-order chi connectivity index (χ1) is 8.80. The van der Waals surface area contributed by atoms with Crippen molar-refractivity contribution in [3.63, 3.8) is 0 Å². The highest BCUT2D eigenvalue weighted by Gasteiger charge is 2.22. The number of ether oxygens (including phenoxy) is 1. The molecule has 1 unspecified atom stereocenters. The number of hydrogen-bond acceptors (Lipinski definition) is 4. The molecule has 1 aliphatic carbocycles. The molecule has 0 radical (unpaired) electrons. The SMILES string of the molecule is CCNc1nc(C(CC)OCC)nc2c1CCC2. The van der Waals surface area contributed by atoms with Gasteiger partial charge >= 0.3 is 0 Å². The van der Waals surface area contributed by atoms with Gasteiger partial charge in [0.2, 0.25) is 0 Å². The third-order valence-corrected chi connectivity index (χ3v) is 3.32. The van der Waals surface area contributed by atoms with Crippen molar-refractivity contribution in [3.8, 4) is 0 Å². The Balaban J connectivity index is 2.33. The number of hydrogen-bond donors (Lipinski definition) is 1. The predicted molar refractivity (Wildman–Crippen MR) is 72.9 cm³/mol. The number of nitrogens with one attached hydrogen (secondary N) is 1. The summed E-state index contributed by atoms with van der Waals surface area (Å²) in [6.07, 6.45) is 4.31. The second-order valence-electron chi connectivity index (χ2n) is 4.59. The van der Waals surface area contributed by atoms with Crippen LogP contribution in [-0.2, 0) is 17.6 Å². The molecular weight excluding hydrogens is 226 g/mol. The maximum atomic E-state index is 5.72. The minimum Gasteiger partial charge on any atom is -0.371 e. The van der Waals surface area contributed by atoms with Crippen LogP contribution in [0, 0.1) is 0 Å². The summed E-state index contributed by atoms with van der Waals surface area (Å²) in [5.41, 5.74) is 2.53. The molecule has 1 N–H and O–H groups in total. The summed E-state index contributed by atoms with van der Waals surface area (Å²) in [5, 5.41) is 3.36. The molecule has 0 saturated carbocycles. The zero-order valence-corrected chi connectivity index (χ0v) is 11.6. The van der Waals surface area contributed by atoms with Gasteiger partial charge in [-0.3, -0.25) is 0 Å². The fourth-order valence-electron chi connectivity index (χ4n) is 2.49. The normalized spacial score (nSPS) is 15.5. The van der Waals surface area contributed by atoms with Gasteiger partial charge in [0.1, 0.15) is 11.9 Å². The average molecular weight is 249 g/mol. The van der Waals surface area contributed by atoms with Gasteiger partial charge in [-0.15, -0.1) is 0 Å². The van der Waals surface area contributed by atoms with E-state index in [1.807, 2.05) is 6.92 Å². The highest BCUT2D eigenvalue weighted by Crippen LogP contribution is 2.29. The topological polar surface area (TPSA) is 47.0 Å². The van der Waals surface area contributed by atoms with Crippen LogP contribution in [0.2, 0.25) is 0 Å². The molecule has 1 aliphatic rings. The molecule has 1 atom stereocenters. The van der Waals surface area contributed by atoms with Crippen LogP contribution < -0.4 is 5.32 Å². The molecule has 1 heterocycles. The second kappa shape index (κ2) is 6.14. The summed E-state index contributed by atoms with van der Waals surface area (Å²) in [5.74, 6) is 1.86. The van der Waals surface area contributed by atoms with E-state index in [0.29, 0.717) is 6.61 Å². The molecule has 18 heavy (non-hydrogen) atoms. The van der Waals surface area contributed by atoms with Crippen LogP contribution in [0.5, 0.6) is 0 Å². The van der Waals surface area contributed by atoms with Gasteiger partial charge in [-0.2, -0.15) is 0 Å². The molecule has 0 aromatic carbocycles. The lowest BCUT2D eigenvalue weighted by atomic mass is 10.2. The van der Waals surface area contributed by atoms with Crippen molar-refractivity contribution in [3.05, 3.63) is 17.1 Å². The number of fused-ring (bicyclic) bond motifs is 1. The number of anilines is 1. The largest absolute Gasteiger partial charge is 0.371 e. The summed E-state index contributed by atoms with van der Waals surface area (Å²) in [6.45, 7) is 7.83. The Kier molecular flexibility index (Phi) is 4.53.